The van der Waals surface area contributed by atoms with E-state index in [4.69, 9.17) is 0 Å². The number of rotatable bonds is 0. The summed E-state index contributed by atoms with van der Waals surface area (Å²) in [6.45, 7) is 0. The fourth-order valence-corrected chi connectivity index (χ4v) is 1.12. The number of carbonyl (C=O) groups is 1. The Morgan fingerprint density at radius 2 is 1.33 bits per heavy atom. The van der Waals surface area contributed by atoms with Gasteiger partial charge in [-0.2, -0.15) is 0 Å². The molecule has 1 saturated carbocycles. The Bertz CT molecular complexity index is 80.9. The molecule has 2 heteroatoms. The van der Waals surface area contributed by atoms with E-state index in [2.05, 4.69) is 0 Å². The van der Waals surface area contributed by atoms with Crippen molar-refractivity contribution >= 4 is 57.2 Å². The van der Waals surface area contributed by atoms with Crippen LogP contribution in [0, 0.1) is 0 Å². The van der Waals surface area contributed by atoms with Crippen molar-refractivity contribution in [1.82, 2.24) is 0 Å². The normalized spacial score (nSPS) is 20.2. The average molecular weight is 152 g/mol. The van der Waals surface area contributed by atoms with Crippen LogP contribution in [-0.4, -0.2) is 57.2 Å². The second-order valence-electron chi connectivity index (χ2n) is 2.45. The van der Waals surface area contributed by atoms with Crippen LogP contribution in [-0.2, 0) is 4.79 Å². The minimum absolute atomic E-state index is 0. The summed E-state index contributed by atoms with van der Waals surface area (Å²) in [5.74, 6) is 0.475. The number of hydrogen-bond acceptors (Lipinski definition) is 1. The van der Waals surface area contributed by atoms with Crippen molar-refractivity contribution in [2.24, 2.45) is 0 Å². The van der Waals surface area contributed by atoms with Crippen molar-refractivity contribution < 1.29 is 4.79 Å². The number of Topliss-reactive ketones (excluding diaryl/α,β-unsaturated/α-hetero) is 1. The molecule has 0 N–H and O–H groups in total. The average Bonchev–Trinajstić information content (AvgIpc) is 1.94. The van der Waals surface area contributed by atoms with E-state index < -0.39 is 0 Å². The fourth-order valence-electron chi connectivity index (χ4n) is 1.12. The standard InChI is InChI=1S/C7H12O.K.H/c8-7-5-3-1-2-4-6-7;;/h1-6H2;;. The molecule has 1 nitrogen and oxygen atoms in total. The molecule has 0 aromatic rings. The summed E-state index contributed by atoms with van der Waals surface area (Å²) >= 11 is 0. The predicted octanol–water partition coefficient (Wildman–Crippen LogP) is 1.26. The van der Waals surface area contributed by atoms with Gasteiger partial charge in [-0.1, -0.05) is 12.8 Å². The Kier molecular flexibility index (Phi) is 6.92. The maximum absolute atomic E-state index is 10.7. The zero-order chi connectivity index (χ0) is 5.82. The zero-order valence-corrected chi connectivity index (χ0v) is 5.15. The third-order valence-electron chi connectivity index (χ3n) is 1.66. The molecule has 0 amide bonds. The van der Waals surface area contributed by atoms with E-state index >= 15 is 0 Å². The van der Waals surface area contributed by atoms with E-state index in [0.717, 1.165) is 25.7 Å². The van der Waals surface area contributed by atoms with Gasteiger partial charge in [0, 0.05) is 12.8 Å². The first kappa shape index (κ1) is 10.3. The molecule has 1 rings (SSSR count). The first-order valence-electron chi connectivity index (χ1n) is 3.41. The molecule has 0 atom stereocenters. The van der Waals surface area contributed by atoms with Crippen LogP contribution in [0.25, 0.3) is 0 Å². The first-order valence-corrected chi connectivity index (χ1v) is 3.41. The fraction of sp³-hybridized carbons (Fsp3) is 0.857. The van der Waals surface area contributed by atoms with Crippen molar-refractivity contribution in [2.75, 3.05) is 0 Å². The van der Waals surface area contributed by atoms with E-state index in [9.17, 15) is 4.79 Å². The van der Waals surface area contributed by atoms with Gasteiger partial charge < -0.3 is 0 Å². The summed E-state index contributed by atoms with van der Waals surface area (Å²) in [6, 6.07) is 0. The van der Waals surface area contributed by atoms with Crippen LogP contribution in [0.2, 0.25) is 0 Å². The molecule has 0 spiro atoms. The number of ketones is 1. The third kappa shape index (κ3) is 4.68. The molecule has 1 aliphatic carbocycles. The van der Waals surface area contributed by atoms with E-state index in [1.807, 2.05) is 0 Å². The second kappa shape index (κ2) is 6.04. The molecule has 0 aromatic carbocycles. The quantitative estimate of drug-likeness (QED) is 0.377. The molecular weight excluding hydrogens is 139 g/mol. The zero-order valence-electron chi connectivity index (χ0n) is 5.15. The Labute approximate surface area is 99.0 Å². The van der Waals surface area contributed by atoms with Gasteiger partial charge in [0.05, 0.1) is 0 Å². The molecule has 1 aliphatic rings. The van der Waals surface area contributed by atoms with Crippen LogP contribution in [0.1, 0.15) is 38.5 Å². The summed E-state index contributed by atoms with van der Waals surface area (Å²) in [5, 5.41) is 0. The summed E-state index contributed by atoms with van der Waals surface area (Å²) in [7, 11) is 0. The van der Waals surface area contributed by atoms with Crippen LogP contribution in [0.5, 0.6) is 0 Å². The predicted molar refractivity (Wildman–Crippen MR) is 39.9 cm³/mol. The van der Waals surface area contributed by atoms with E-state index in [1.54, 1.807) is 0 Å². The third-order valence-corrected chi connectivity index (χ3v) is 1.66. The minimum atomic E-state index is 0. The molecule has 0 radical (unpaired) electrons. The summed E-state index contributed by atoms with van der Waals surface area (Å²) in [4.78, 5) is 10.7. The van der Waals surface area contributed by atoms with Gasteiger partial charge in [-0.25, -0.2) is 0 Å². The van der Waals surface area contributed by atoms with Crippen LogP contribution in [0.3, 0.4) is 0 Å². The molecule has 0 heterocycles. The van der Waals surface area contributed by atoms with Crippen molar-refractivity contribution in [3.8, 4) is 0 Å². The molecule has 0 aromatic heterocycles. The first-order chi connectivity index (χ1) is 3.89. The second-order valence-corrected chi connectivity index (χ2v) is 2.45. The summed E-state index contributed by atoms with van der Waals surface area (Å²) in [5.41, 5.74) is 0. The van der Waals surface area contributed by atoms with Crippen molar-refractivity contribution in [3.63, 3.8) is 0 Å². The number of hydrogen-bond donors (Lipinski definition) is 0. The molecule has 0 unspecified atom stereocenters. The van der Waals surface area contributed by atoms with Gasteiger partial charge in [0.1, 0.15) is 5.78 Å². The van der Waals surface area contributed by atoms with E-state index in [-0.39, 0.29) is 51.4 Å². The summed E-state index contributed by atoms with van der Waals surface area (Å²) < 4.78 is 0. The maximum atomic E-state index is 10.7. The van der Waals surface area contributed by atoms with Crippen molar-refractivity contribution in [1.29, 1.82) is 0 Å². The molecule has 0 aliphatic heterocycles. The molecule has 0 bridgehead atoms. The van der Waals surface area contributed by atoms with Crippen LogP contribution in [0.4, 0.5) is 0 Å². The van der Waals surface area contributed by atoms with Gasteiger partial charge >= 0.3 is 51.4 Å². The van der Waals surface area contributed by atoms with Crippen LogP contribution >= 0.6 is 0 Å². The van der Waals surface area contributed by atoms with Crippen molar-refractivity contribution in [2.45, 2.75) is 38.5 Å². The van der Waals surface area contributed by atoms with Gasteiger partial charge in [0.25, 0.3) is 0 Å². The summed E-state index contributed by atoms with van der Waals surface area (Å²) in [6.07, 6.45) is 6.51. The van der Waals surface area contributed by atoms with Gasteiger partial charge in [0.2, 0.25) is 0 Å². The SMILES string of the molecule is O=C1CCCCCC1.[KH]. The molecule has 9 heavy (non-hydrogen) atoms. The Morgan fingerprint density at radius 1 is 0.889 bits per heavy atom. The van der Waals surface area contributed by atoms with Gasteiger partial charge in [-0.15, -0.1) is 0 Å². The van der Waals surface area contributed by atoms with Gasteiger partial charge in [-0.3, -0.25) is 4.79 Å². The monoisotopic (exact) mass is 152 g/mol. The Hall–Kier alpha value is 1.31. The Morgan fingerprint density at radius 3 is 1.78 bits per heavy atom. The molecule has 1 fully saturated rings. The van der Waals surface area contributed by atoms with Crippen LogP contribution in [0.15, 0.2) is 0 Å². The Balaban J connectivity index is 0.000000640. The molecule has 48 valence electrons. The topological polar surface area (TPSA) is 17.1 Å². The van der Waals surface area contributed by atoms with Crippen LogP contribution < -0.4 is 0 Å². The van der Waals surface area contributed by atoms with Crippen molar-refractivity contribution in [3.05, 3.63) is 0 Å². The van der Waals surface area contributed by atoms with E-state index in [0.29, 0.717) is 5.78 Å². The molecular formula is C7H13KO. The number of carbonyl (C=O) groups excluding carboxylic acids is 1. The van der Waals surface area contributed by atoms with Gasteiger partial charge in [-0.05, 0) is 12.8 Å². The molecule has 0 saturated heterocycles. The van der Waals surface area contributed by atoms with Gasteiger partial charge in [0.15, 0.2) is 0 Å². The van der Waals surface area contributed by atoms with E-state index in [1.165, 1.54) is 12.8 Å².